The van der Waals surface area contributed by atoms with E-state index in [1.165, 1.54) is 4.88 Å². The van der Waals surface area contributed by atoms with Gasteiger partial charge in [0, 0.05) is 40.0 Å². The van der Waals surface area contributed by atoms with Crippen molar-refractivity contribution in [3.8, 4) is 22.0 Å². The van der Waals surface area contributed by atoms with Crippen molar-refractivity contribution >= 4 is 39.0 Å². The number of benzene rings is 1. The molecule has 4 aromatic heterocycles. The van der Waals surface area contributed by atoms with Gasteiger partial charge in [-0.05, 0) is 74.0 Å². The van der Waals surface area contributed by atoms with Crippen molar-refractivity contribution in [2.24, 2.45) is 0 Å². The first-order valence-corrected chi connectivity index (χ1v) is 12.8. The van der Waals surface area contributed by atoms with Gasteiger partial charge in [0.25, 0.3) is 0 Å². The van der Waals surface area contributed by atoms with Crippen LogP contribution in [0.3, 0.4) is 0 Å². The van der Waals surface area contributed by atoms with Crippen LogP contribution in [0.2, 0.25) is 0 Å². The summed E-state index contributed by atoms with van der Waals surface area (Å²) in [6, 6.07) is 12.4. The lowest BCUT2D eigenvalue weighted by Crippen LogP contribution is -2.23. The molecule has 0 amide bonds. The Hall–Kier alpha value is -4.27. The van der Waals surface area contributed by atoms with Gasteiger partial charge >= 0.3 is 0 Å². The Kier molecular flexibility index (Phi) is 6.85. The molecule has 186 valence electrons. The van der Waals surface area contributed by atoms with Gasteiger partial charge in [-0.15, -0.1) is 11.3 Å². The van der Waals surface area contributed by atoms with E-state index in [4.69, 9.17) is 4.98 Å². The smallest absolute Gasteiger partial charge is 0.178 e. The first-order valence-electron chi connectivity index (χ1n) is 11.9. The highest BCUT2D eigenvalue weighted by molar-refractivity contribution is 7.13. The monoisotopic (exact) mass is 507 g/mol. The molecule has 0 aliphatic rings. The van der Waals surface area contributed by atoms with Crippen molar-refractivity contribution in [2.75, 3.05) is 20.6 Å². The van der Waals surface area contributed by atoms with Crippen LogP contribution >= 0.6 is 11.3 Å². The summed E-state index contributed by atoms with van der Waals surface area (Å²) in [5.41, 5.74) is 8.26. The van der Waals surface area contributed by atoms with Crippen molar-refractivity contribution in [1.82, 2.24) is 35.4 Å². The maximum Gasteiger partial charge on any atom is 0.178 e. The van der Waals surface area contributed by atoms with Crippen LogP contribution < -0.4 is 5.32 Å². The molecule has 0 aliphatic heterocycles. The highest BCUT2D eigenvalue weighted by Gasteiger charge is 2.16. The number of thiophene rings is 1. The molecule has 8 heteroatoms. The summed E-state index contributed by atoms with van der Waals surface area (Å²) in [6.45, 7) is 10.9. The molecule has 3 N–H and O–H groups in total. The summed E-state index contributed by atoms with van der Waals surface area (Å²) in [5, 5.41) is 14.2. The topological polar surface area (TPSA) is 85.5 Å². The summed E-state index contributed by atoms with van der Waals surface area (Å²) in [4.78, 5) is 16.0. The first-order chi connectivity index (χ1) is 18.0. The second-order valence-electron chi connectivity index (χ2n) is 8.97. The Labute approximate surface area is 220 Å². The molecule has 0 bridgehead atoms. The third-order valence-corrected chi connectivity index (χ3v) is 6.87. The summed E-state index contributed by atoms with van der Waals surface area (Å²) in [6.07, 6.45) is 7.76. The lowest BCUT2D eigenvalue weighted by atomic mass is 10.0. The molecule has 1 aromatic carbocycles. The predicted octanol–water partition coefficient (Wildman–Crippen LogP) is 6.37. The molecule has 0 spiro atoms. The minimum atomic E-state index is 0.671. The van der Waals surface area contributed by atoms with E-state index in [1.807, 2.05) is 39.2 Å². The van der Waals surface area contributed by atoms with Crippen LogP contribution in [0.1, 0.15) is 12.5 Å². The van der Waals surface area contributed by atoms with Crippen LogP contribution in [0.25, 0.3) is 49.6 Å². The number of aromatic nitrogens is 5. The summed E-state index contributed by atoms with van der Waals surface area (Å²) < 4.78 is 0. The molecule has 0 unspecified atom stereocenters. The van der Waals surface area contributed by atoms with E-state index in [0.717, 1.165) is 56.8 Å². The van der Waals surface area contributed by atoms with E-state index in [0.29, 0.717) is 11.5 Å². The molecule has 0 saturated carbocycles. The average Bonchev–Trinajstić information content (AvgIpc) is 3.64. The van der Waals surface area contributed by atoms with Gasteiger partial charge < -0.3 is 15.2 Å². The van der Waals surface area contributed by atoms with Gasteiger partial charge in [-0.25, -0.2) is 9.97 Å². The van der Waals surface area contributed by atoms with E-state index in [1.54, 1.807) is 23.6 Å². The van der Waals surface area contributed by atoms with Crippen LogP contribution in [-0.4, -0.2) is 50.7 Å². The Morgan fingerprint density at radius 1 is 1.22 bits per heavy atom. The highest BCUT2D eigenvalue weighted by Crippen LogP contribution is 2.33. The minimum absolute atomic E-state index is 0.671. The van der Waals surface area contributed by atoms with Crippen LogP contribution in [0.15, 0.2) is 90.8 Å². The number of H-pyrrole nitrogens is 2. The van der Waals surface area contributed by atoms with Crippen molar-refractivity contribution in [2.45, 2.75) is 6.92 Å². The Bertz CT molecular complexity index is 1650. The fourth-order valence-electron chi connectivity index (χ4n) is 4.31. The third kappa shape index (κ3) is 5.02. The maximum absolute atomic E-state index is 4.78. The predicted molar refractivity (Wildman–Crippen MR) is 155 cm³/mol. The van der Waals surface area contributed by atoms with Crippen LogP contribution in [0, 0.1) is 0 Å². The molecular formula is C29H29N7S. The first kappa shape index (κ1) is 24.4. The zero-order chi connectivity index (χ0) is 25.9. The van der Waals surface area contributed by atoms with E-state index in [9.17, 15) is 0 Å². The van der Waals surface area contributed by atoms with E-state index in [-0.39, 0.29) is 0 Å². The molecule has 0 saturated heterocycles. The minimum Gasteiger partial charge on any atom is -0.358 e. The summed E-state index contributed by atoms with van der Waals surface area (Å²) >= 11 is 1.69. The quantitative estimate of drug-likeness (QED) is 0.202. The standard InChI is InChI=1S/C29H29N7S/c1-6-19(15-21(7-2)31-18(3)17-36(4)5)20-10-11-24-23(16-20)27(35-34-24)29-32-26-22(25-9-8-14-37-25)12-13-30-28(26)33-29/h6-16,31H,2-3,17H2,1,4-5H3,(H,34,35)(H,30,32,33)/b19-6+,21-15+. The van der Waals surface area contributed by atoms with Gasteiger partial charge in [0.15, 0.2) is 11.5 Å². The molecule has 5 aromatic rings. The Morgan fingerprint density at radius 3 is 2.81 bits per heavy atom. The lowest BCUT2D eigenvalue weighted by Gasteiger charge is -2.15. The second kappa shape index (κ2) is 10.4. The fraction of sp³-hybridized carbons (Fsp3) is 0.138. The molecule has 0 radical (unpaired) electrons. The van der Waals surface area contributed by atoms with Crippen LogP contribution in [-0.2, 0) is 0 Å². The van der Waals surface area contributed by atoms with Crippen LogP contribution in [0.5, 0.6) is 0 Å². The van der Waals surface area contributed by atoms with E-state index in [2.05, 4.69) is 79.3 Å². The fourth-order valence-corrected chi connectivity index (χ4v) is 5.06. The Morgan fingerprint density at radius 2 is 2.08 bits per heavy atom. The molecule has 5 rings (SSSR count). The number of pyridine rings is 1. The molecule has 7 nitrogen and oxygen atoms in total. The number of likely N-dealkylation sites (N-methyl/N-ethyl adjacent to an activating group) is 1. The number of hydrogen-bond acceptors (Lipinski definition) is 6. The number of aromatic amines is 2. The van der Waals surface area contributed by atoms with Gasteiger partial charge in [-0.1, -0.05) is 31.4 Å². The van der Waals surface area contributed by atoms with Crippen molar-refractivity contribution in [1.29, 1.82) is 0 Å². The number of rotatable bonds is 9. The molecule has 4 heterocycles. The summed E-state index contributed by atoms with van der Waals surface area (Å²) in [7, 11) is 4.03. The zero-order valence-electron chi connectivity index (χ0n) is 21.2. The molecular weight excluding hydrogens is 478 g/mol. The number of nitrogens with zero attached hydrogens (tertiary/aromatic N) is 4. The van der Waals surface area contributed by atoms with Gasteiger partial charge in [-0.2, -0.15) is 5.10 Å². The largest absolute Gasteiger partial charge is 0.358 e. The normalized spacial score (nSPS) is 12.5. The third-order valence-electron chi connectivity index (χ3n) is 5.97. The highest BCUT2D eigenvalue weighted by atomic mass is 32.1. The number of allylic oxidation sites excluding steroid dienone is 4. The number of nitrogens with one attached hydrogen (secondary N) is 3. The second-order valence-corrected chi connectivity index (χ2v) is 9.91. The van der Waals surface area contributed by atoms with Crippen LogP contribution in [0.4, 0.5) is 0 Å². The molecule has 0 aliphatic carbocycles. The van der Waals surface area contributed by atoms with Gasteiger partial charge in [0.05, 0.1) is 11.0 Å². The Balaban J connectivity index is 1.52. The lowest BCUT2D eigenvalue weighted by molar-refractivity contribution is 0.438. The van der Waals surface area contributed by atoms with Gasteiger partial charge in [0.1, 0.15) is 5.69 Å². The van der Waals surface area contributed by atoms with E-state index >= 15 is 0 Å². The van der Waals surface area contributed by atoms with Gasteiger partial charge in [0.2, 0.25) is 0 Å². The zero-order valence-corrected chi connectivity index (χ0v) is 22.0. The summed E-state index contributed by atoms with van der Waals surface area (Å²) in [5.74, 6) is 0.681. The molecule has 0 atom stereocenters. The number of fused-ring (bicyclic) bond motifs is 2. The molecule has 37 heavy (non-hydrogen) atoms. The number of imidazole rings is 1. The van der Waals surface area contributed by atoms with Gasteiger partial charge in [-0.3, -0.25) is 5.10 Å². The SMILES string of the molecule is C=C/C(=C\C(=C/C)c1ccc2[nH]nc(-c3nc4nccc(-c5cccs5)c4[nH]3)c2c1)NC(=C)CN(C)C. The van der Waals surface area contributed by atoms with Crippen molar-refractivity contribution in [3.63, 3.8) is 0 Å². The average molecular weight is 508 g/mol. The maximum atomic E-state index is 4.78. The number of hydrogen-bond donors (Lipinski definition) is 3. The van der Waals surface area contributed by atoms with E-state index < -0.39 is 0 Å². The molecule has 0 fully saturated rings. The van der Waals surface area contributed by atoms with Crippen molar-refractivity contribution < 1.29 is 0 Å². The van der Waals surface area contributed by atoms with Crippen molar-refractivity contribution in [3.05, 3.63) is 96.3 Å².